The van der Waals surface area contributed by atoms with Crippen molar-refractivity contribution in [3.63, 3.8) is 0 Å². The summed E-state index contributed by atoms with van der Waals surface area (Å²) in [6, 6.07) is 0. The standard InChI is InChI=1S/C6H10F3/c1-2-5(8)6(9)3-4-7/h5-6H,1-4H2/t5?,6-/m0/s1. The highest BCUT2D eigenvalue weighted by molar-refractivity contribution is 4.68. The number of halogens is 3. The van der Waals surface area contributed by atoms with Crippen molar-refractivity contribution >= 4 is 0 Å². The molecule has 1 unspecified atom stereocenters. The van der Waals surface area contributed by atoms with Crippen molar-refractivity contribution in [2.45, 2.75) is 25.2 Å². The average Bonchev–Trinajstić information content (AvgIpc) is 1.87. The van der Waals surface area contributed by atoms with Gasteiger partial charge < -0.3 is 0 Å². The van der Waals surface area contributed by atoms with Gasteiger partial charge in [0.25, 0.3) is 0 Å². The lowest BCUT2D eigenvalue weighted by molar-refractivity contribution is 0.150. The molecule has 0 aromatic rings. The van der Waals surface area contributed by atoms with Gasteiger partial charge in [-0.2, -0.15) is 0 Å². The smallest absolute Gasteiger partial charge is 0.134 e. The van der Waals surface area contributed by atoms with E-state index < -0.39 is 19.0 Å². The van der Waals surface area contributed by atoms with Crippen molar-refractivity contribution in [1.82, 2.24) is 0 Å². The maximum absolute atomic E-state index is 12.1. The summed E-state index contributed by atoms with van der Waals surface area (Å²) in [7, 11) is 0. The first-order chi connectivity index (χ1) is 4.22. The first-order valence-electron chi connectivity index (χ1n) is 2.85. The number of hydrogen-bond donors (Lipinski definition) is 0. The van der Waals surface area contributed by atoms with Crippen molar-refractivity contribution < 1.29 is 13.2 Å². The molecule has 0 aromatic carbocycles. The molecule has 0 amide bonds. The first kappa shape index (κ1) is 8.79. The molecule has 0 saturated carbocycles. The maximum Gasteiger partial charge on any atom is 0.134 e. The van der Waals surface area contributed by atoms with Gasteiger partial charge in [0.05, 0.1) is 6.67 Å². The summed E-state index contributed by atoms with van der Waals surface area (Å²) in [6.07, 6.45) is -3.74. The van der Waals surface area contributed by atoms with Crippen LogP contribution < -0.4 is 0 Å². The molecule has 3 heteroatoms. The molecule has 0 nitrogen and oxygen atoms in total. The van der Waals surface area contributed by atoms with Gasteiger partial charge in [-0.25, -0.2) is 8.78 Å². The van der Waals surface area contributed by atoms with Gasteiger partial charge in [0.1, 0.15) is 12.3 Å². The van der Waals surface area contributed by atoms with Crippen LogP contribution in [0.5, 0.6) is 0 Å². The summed E-state index contributed by atoms with van der Waals surface area (Å²) in [5.74, 6) is 0. The lowest BCUT2D eigenvalue weighted by Gasteiger charge is -2.07. The van der Waals surface area contributed by atoms with Crippen LogP contribution in [0, 0.1) is 6.92 Å². The Kier molecular flexibility index (Phi) is 4.54. The molecule has 2 atom stereocenters. The predicted octanol–water partition coefficient (Wildman–Crippen LogP) is 2.25. The van der Waals surface area contributed by atoms with Gasteiger partial charge in [-0.05, 0) is 6.42 Å². The quantitative estimate of drug-likeness (QED) is 0.560. The molecule has 0 rings (SSSR count). The van der Waals surface area contributed by atoms with Gasteiger partial charge in [0.15, 0.2) is 0 Å². The molecule has 0 N–H and O–H groups in total. The van der Waals surface area contributed by atoms with Gasteiger partial charge in [0.2, 0.25) is 0 Å². The predicted molar refractivity (Wildman–Crippen MR) is 30.4 cm³/mol. The fourth-order valence-electron chi connectivity index (χ4n) is 0.466. The van der Waals surface area contributed by atoms with Crippen LogP contribution in [0.15, 0.2) is 0 Å². The normalized spacial score (nSPS) is 17.3. The number of rotatable bonds is 4. The minimum atomic E-state index is -1.67. The van der Waals surface area contributed by atoms with Crippen molar-refractivity contribution in [2.75, 3.05) is 6.67 Å². The Morgan fingerprint density at radius 3 is 2.11 bits per heavy atom. The van der Waals surface area contributed by atoms with Crippen LogP contribution in [-0.4, -0.2) is 19.0 Å². The molecule has 0 aliphatic rings. The highest BCUT2D eigenvalue weighted by atomic mass is 19.2. The third-order valence-electron chi connectivity index (χ3n) is 1.05. The van der Waals surface area contributed by atoms with E-state index in [1.54, 1.807) is 0 Å². The van der Waals surface area contributed by atoms with Crippen LogP contribution in [-0.2, 0) is 0 Å². The van der Waals surface area contributed by atoms with Gasteiger partial charge >= 0.3 is 0 Å². The first-order valence-corrected chi connectivity index (χ1v) is 2.85. The van der Waals surface area contributed by atoms with E-state index in [0.29, 0.717) is 0 Å². The Morgan fingerprint density at radius 1 is 1.22 bits per heavy atom. The molecule has 0 bridgehead atoms. The molecule has 1 radical (unpaired) electrons. The van der Waals surface area contributed by atoms with E-state index in [1.807, 2.05) is 0 Å². The van der Waals surface area contributed by atoms with Crippen molar-refractivity contribution in [1.29, 1.82) is 0 Å². The van der Waals surface area contributed by atoms with Gasteiger partial charge in [-0.1, -0.05) is 6.92 Å². The van der Waals surface area contributed by atoms with E-state index in [4.69, 9.17) is 0 Å². The second-order valence-corrected chi connectivity index (χ2v) is 1.80. The van der Waals surface area contributed by atoms with Crippen LogP contribution in [0.1, 0.15) is 12.8 Å². The fourth-order valence-corrected chi connectivity index (χ4v) is 0.466. The second kappa shape index (κ2) is 4.65. The van der Waals surface area contributed by atoms with Gasteiger partial charge in [-0.3, -0.25) is 4.39 Å². The van der Waals surface area contributed by atoms with Gasteiger partial charge in [0, 0.05) is 6.42 Å². The van der Waals surface area contributed by atoms with E-state index in [9.17, 15) is 13.2 Å². The van der Waals surface area contributed by atoms with E-state index in [-0.39, 0.29) is 12.8 Å². The number of alkyl halides is 3. The molecule has 0 aliphatic heterocycles. The molecule has 0 aromatic heterocycles. The molecular weight excluding hydrogens is 129 g/mol. The minimum absolute atomic E-state index is 0.124. The Hall–Kier alpha value is -0.210. The van der Waals surface area contributed by atoms with Crippen molar-refractivity contribution in [3.05, 3.63) is 6.92 Å². The fraction of sp³-hybridized carbons (Fsp3) is 0.833. The summed E-state index contributed by atoms with van der Waals surface area (Å²) in [4.78, 5) is 0. The van der Waals surface area contributed by atoms with E-state index in [2.05, 4.69) is 6.92 Å². The highest BCUT2D eigenvalue weighted by Crippen LogP contribution is 2.10. The zero-order valence-corrected chi connectivity index (χ0v) is 5.12. The third-order valence-corrected chi connectivity index (χ3v) is 1.05. The van der Waals surface area contributed by atoms with E-state index in [0.717, 1.165) is 0 Å². The molecule has 55 valence electrons. The highest BCUT2D eigenvalue weighted by Gasteiger charge is 2.17. The lowest BCUT2D eigenvalue weighted by atomic mass is 10.1. The van der Waals surface area contributed by atoms with Crippen molar-refractivity contribution in [3.8, 4) is 0 Å². The van der Waals surface area contributed by atoms with Crippen LogP contribution in [0.3, 0.4) is 0 Å². The molecule has 0 spiro atoms. The Balaban J connectivity index is 3.32. The summed E-state index contributed by atoms with van der Waals surface area (Å²) >= 11 is 0. The molecule has 0 fully saturated rings. The van der Waals surface area contributed by atoms with Gasteiger partial charge in [-0.15, -0.1) is 0 Å². The Labute approximate surface area is 53.1 Å². The molecule has 9 heavy (non-hydrogen) atoms. The SMILES string of the molecule is [CH2]CC(F)[C@@H](F)CCF. The summed E-state index contributed by atoms with van der Waals surface area (Å²) in [5, 5.41) is 0. The van der Waals surface area contributed by atoms with Crippen LogP contribution in [0.25, 0.3) is 0 Å². The molecule has 0 saturated heterocycles. The lowest BCUT2D eigenvalue weighted by Crippen LogP contribution is -2.16. The second-order valence-electron chi connectivity index (χ2n) is 1.80. The average molecular weight is 139 g/mol. The summed E-state index contributed by atoms with van der Waals surface area (Å²) < 4.78 is 35.6. The van der Waals surface area contributed by atoms with Crippen molar-refractivity contribution in [2.24, 2.45) is 0 Å². The maximum atomic E-state index is 12.1. The van der Waals surface area contributed by atoms with E-state index in [1.165, 1.54) is 0 Å². The Morgan fingerprint density at radius 2 is 1.78 bits per heavy atom. The molecular formula is C6H10F3. The largest absolute Gasteiger partial charge is 0.251 e. The minimum Gasteiger partial charge on any atom is -0.251 e. The summed E-state index contributed by atoms with van der Waals surface area (Å²) in [5.41, 5.74) is 0. The zero-order valence-electron chi connectivity index (χ0n) is 5.12. The topological polar surface area (TPSA) is 0 Å². The van der Waals surface area contributed by atoms with E-state index >= 15 is 0 Å². The van der Waals surface area contributed by atoms with Crippen LogP contribution in [0.2, 0.25) is 0 Å². The summed E-state index contributed by atoms with van der Waals surface area (Å²) in [6.45, 7) is 2.35. The third kappa shape index (κ3) is 3.38. The Bertz CT molecular complexity index is 65.3. The molecule has 0 heterocycles. The monoisotopic (exact) mass is 139 g/mol. The molecule has 0 aliphatic carbocycles. The van der Waals surface area contributed by atoms with Crippen LogP contribution in [0.4, 0.5) is 13.2 Å². The van der Waals surface area contributed by atoms with Crippen LogP contribution >= 0.6 is 0 Å². The zero-order chi connectivity index (χ0) is 7.28. The number of hydrogen-bond acceptors (Lipinski definition) is 0.